The van der Waals surface area contributed by atoms with E-state index in [-0.39, 0.29) is 17.6 Å². The monoisotopic (exact) mass is 508 g/mol. The summed E-state index contributed by atoms with van der Waals surface area (Å²) >= 11 is 12.1. The Bertz CT molecular complexity index is 1450. The van der Waals surface area contributed by atoms with Crippen LogP contribution < -0.4 is 16.4 Å². The third-order valence-electron chi connectivity index (χ3n) is 6.16. The van der Waals surface area contributed by atoms with E-state index in [2.05, 4.69) is 25.2 Å². The van der Waals surface area contributed by atoms with Gasteiger partial charge < -0.3 is 20.9 Å². The SMILES string of the molecule is Nc1ncnc2c1c(C(=O)c1cccc(NC(=O)Nc3cc(Cl)ccc3Cl)c1)cn2C1CCCC1. The number of hydrogen-bond donors (Lipinski definition) is 3. The van der Waals surface area contributed by atoms with Crippen molar-refractivity contribution in [2.75, 3.05) is 16.4 Å². The van der Waals surface area contributed by atoms with Gasteiger partial charge in [0.2, 0.25) is 0 Å². The first-order valence-corrected chi connectivity index (χ1v) is 11.9. The fourth-order valence-electron chi connectivity index (χ4n) is 4.51. The highest BCUT2D eigenvalue weighted by Crippen LogP contribution is 2.35. The lowest BCUT2D eigenvalue weighted by molar-refractivity contribution is 0.104. The van der Waals surface area contributed by atoms with Gasteiger partial charge in [0.05, 0.1) is 21.7 Å². The molecule has 0 radical (unpaired) electrons. The molecule has 1 fully saturated rings. The van der Waals surface area contributed by atoms with Crippen LogP contribution in [0.3, 0.4) is 0 Å². The number of carbonyl (C=O) groups is 2. The van der Waals surface area contributed by atoms with Crippen molar-refractivity contribution in [3.05, 3.63) is 76.2 Å². The van der Waals surface area contributed by atoms with Crippen LogP contribution in [0.1, 0.15) is 47.6 Å². The molecule has 0 unspecified atom stereocenters. The Morgan fingerprint density at radius 2 is 1.83 bits per heavy atom. The number of nitrogen functional groups attached to an aromatic ring is 1. The van der Waals surface area contributed by atoms with Crippen LogP contribution in [0.25, 0.3) is 11.0 Å². The second kappa shape index (κ2) is 9.56. The van der Waals surface area contributed by atoms with Crippen LogP contribution >= 0.6 is 23.2 Å². The number of carbonyl (C=O) groups excluding carboxylic acids is 2. The Morgan fingerprint density at radius 3 is 2.63 bits per heavy atom. The third kappa shape index (κ3) is 4.67. The lowest BCUT2D eigenvalue weighted by Crippen LogP contribution is -2.19. The molecule has 1 saturated carbocycles. The van der Waals surface area contributed by atoms with Crippen molar-refractivity contribution in [2.45, 2.75) is 31.7 Å². The highest BCUT2D eigenvalue weighted by molar-refractivity contribution is 6.35. The average Bonchev–Trinajstić information content (AvgIpc) is 3.50. The van der Waals surface area contributed by atoms with E-state index in [4.69, 9.17) is 28.9 Å². The van der Waals surface area contributed by atoms with Gasteiger partial charge in [-0.3, -0.25) is 4.79 Å². The zero-order chi connectivity index (χ0) is 24.5. The first-order valence-electron chi connectivity index (χ1n) is 11.2. The van der Waals surface area contributed by atoms with Crippen molar-refractivity contribution in [1.82, 2.24) is 14.5 Å². The topological polar surface area (TPSA) is 115 Å². The van der Waals surface area contributed by atoms with Crippen molar-refractivity contribution in [3.8, 4) is 0 Å². The smallest absolute Gasteiger partial charge is 0.323 e. The molecular weight excluding hydrogens is 487 g/mol. The number of hydrogen-bond acceptors (Lipinski definition) is 5. The van der Waals surface area contributed by atoms with E-state index >= 15 is 0 Å². The quantitative estimate of drug-likeness (QED) is 0.273. The summed E-state index contributed by atoms with van der Waals surface area (Å²) in [6, 6.07) is 11.2. The van der Waals surface area contributed by atoms with Crippen LogP contribution in [0.5, 0.6) is 0 Å². The van der Waals surface area contributed by atoms with Crippen molar-refractivity contribution in [2.24, 2.45) is 0 Å². The van der Waals surface area contributed by atoms with Crippen LogP contribution in [-0.4, -0.2) is 26.3 Å². The number of nitrogens with two attached hydrogens (primary N) is 1. The highest BCUT2D eigenvalue weighted by atomic mass is 35.5. The Balaban J connectivity index is 1.42. The summed E-state index contributed by atoms with van der Waals surface area (Å²) in [5.41, 5.74) is 8.50. The number of amides is 2. The van der Waals surface area contributed by atoms with Crippen molar-refractivity contribution < 1.29 is 9.59 Å². The second-order valence-electron chi connectivity index (χ2n) is 8.46. The number of aromatic nitrogens is 3. The molecule has 0 aliphatic heterocycles. The normalized spacial score (nSPS) is 13.8. The Morgan fingerprint density at radius 1 is 1.03 bits per heavy atom. The molecule has 2 aromatic heterocycles. The predicted molar refractivity (Wildman–Crippen MR) is 138 cm³/mol. The number of nitrogens with one attached hydrogen (secondary N) is 2. The number of benzene rings is 2. The van der Waals surface area contributed by atoms with E-state index in [0.29, 0.717) is 43.6 Å². The predicted octanol–water partition coefficient (Wildman–Crippen LogP) is 6.31. The Kier molecular flexibility index (Phi) is 6.32. The van der Waals surface area contributed by atoms with Gasteiger partial charge in [-0.15, -0.1) is 0 Å². The van der Waals surface area contributed by atoms with Crippen LogP contribution in [0.2, 0.25) is 10.0 Å². The number of urea groups is 1. The molecule has 0 bridgehead atoms. The van der Waals surface area contributed by atoms with Crippen LogP contribution in [0.15, 0.2) is 55.0 Å². The van der Waals surface area contributed by atoms with Gasteiger partial charge in [0.1, 0.15) is 17.8 Å². The first-order chi connectivity index (χ1) is 16.9. The lowest BCUT2D eigenvalue weighted by atomic mass is 10.0. The molecule has 1 aliphatic rings. The second-order valence-corrected chi connectivity index (χ2v) is 9.30. The number of halogens is 2. The molecule has 0 saturated heterocycles. The third-order valence-corrected chi connectivity index (χ3v) is 6.73. The minimum absolute atomic E-state index is 0.227. The van der Waals surface area contributed by atoms with Gasteiger partial charge in [-0.2, -0.15) is 0 Å². The zero-order valence-corrected chi connectivity index (χ0v) is 20.1. The molecule has 0 atom stereocenters. The van der Waals surface area contributed by atoms with E-state index in [1.54, 1.807) is 42.5 Å². The largest absolute Gasteiger partial charge is 0.383 e. The Labute approximate surface area is 211 Å². The molecule has 5 rings (SSSR count). The molecule has 8 nitrogen and oxygen atoms in total. The van der Waals surface area contributed by atoms with E-state index in [1.807, 2.05) is 6.20 Å². The number of fused-ring (bicyclic) bond motifs is 1. The number of anilines is 3. The lowest BCUT2D eigenvalue weighted by Gasteiger charge is -2.12. The average molecular weight is 509 g/mol. The number of rotatable bonds is 5. The summed E-state index contributed by atoms with van der Waals surface area (Å²) in [5, 5.41) is 6.73. The highest BCUT2D eigenvalue weighted by Gasteiger charge is 2.25. The van der Waals surface area contributed by atoms with Gasteiger partial charge in [0, 0.05) is 28.5 Å². The molecule has 2 heterocycles. The summed E-state index contributed by atoms with van der Waals surface area (Å²) in [4.78, 5) is 34.6. The van der Waals surface area contributed by atoms with Crippen molar-refractivity contribution in [3.63, 3.8) is 0 Å². The fraction of sp³-hybridized carbons (Fsp3) is 0.200. The molecule has 1 aliphatic carbocycles. The standard InChI is InChI=1S/C25H22Cl2N6O2/c26-15-8-9-19(27)20(11-15)32-25(35)31-16-5-3-4-14(10-16)22(34)18-12-33(17-6-1-2-7-17)24-21(18)23(28)29-13-30-24/h3-5,8-13,17H,1-2,6-7H2,(H2,28,29,30)(H2,31,32,35). The Hall–Kier alpha value is -3.62. The zero-order valence-electron chi connectivity index (χ0n) is 18.6. The molecule has 35 heavy (non-hydrogen) atoms. The molecule has 0 spiro atoms. The van der Waals surface area contributed by atoms with E-state index in [0.717, 1.165) is 25.7 Å². The summed E-state index contributed by atoms with van der Waals surface area (Å²) in [6.45, 7) is 0. The maximum atomic E-state index is 13.6. The van der Waals surface area contributed by atoms with Crippen molar-refractivity contribution in [1.29, 1.82) is 0 Å². The van der Waals surface area contributed by atoms with Gasteiger partial charge in [-0.05, 0) is 43.2 Å². The van der Waals surface area contributed by atoms with Crippen LogP contribution in [0.4, 0.5) is 22.0 Å². The summed E-state index contributed by atoms with van der Waals surface area (Å²) in [5.74, 6) is 0.0392. The van der Waals surface area contributed by atoms with Crippen molar-refractivity contribution >= 4 is 63.2 Å². The van der Waals surface area contributed by atoms with Gasteiger partial charge in [0.15, 0.2) is 5.78 Å². The summed E-state index contributed by atoms with van der Waals surface area (Å²) < 4.78 is 2.05. The molecule has 4 aromatic rings. The molecule has 4 N–H and O–H groups in total. The maximum Gasteiger partial charge on any atom is 0.323 e. The molecule has 10 heteroatoms. The molecule has 178 valence electrons. The van der Waals surface area contributed by atoms with Crippen LogP contribution in [0, 0.1) is 0 Å². The molecule has 2 amide bonds. The minimum atomic E-state index is -0.519. The summed E-state index contributed by atoms with van der Waals surface area (Å²) in [7, 11) is 0. The van der Waals surface area contributed by atoms with Gasteiger partial charge in [-0.25, -0.2) is 14.8 Å². The minimum Gasteiger partial charge on any atom is -0.383 e. The van der Waals surface area contributed by atoms with E-state index in [9.17, 15) is 9.59 Å². The molecule has 2 aromatic carbocycles. The van der Waals surface area contributed by atoms with Gasteiger partial charge >= 0.3 is 6.03 Å². The number of nitrogens with zero attached hydrogens (tertiary/aromatic N) is 3. The van der Waals surface area contributed by atoms with Gasteiger partial charge in [0.25, 0.3) is 0 Å². The van der Waals surface area contributed by atoms with Crippen LogP contribution in [-0.2, 0) is 0 Å². The molecular formula is C25H22Cl2N6O2. The van der Waals surface area contributed by atoms with E-state index in [1.165, 1.54) is 6.33 Å². The fourth-order valence-corrected chi connectivity index (χ4v) is 4.85. The summed E-state index contributed by atoms with van der Waals surface area (Å²) in [6.07, 6.45) is 7.61. The number of ketones is 1. The maximum absolute atomic E-state index is 13.6. The first kappa shape index (κ1) is 23.1. The van der Waals surface area contributed by atoms with Gasteiger partial charge in [-0.1, -0.05) is 48.2 Å². The van der Waals surface area contributed by atoms with E-state index < -0.39 is 6.03 Å².